The zero-order chi connectivity index (χ0) is 101. The SMILES string of the molecule is CCCCCCCC(=O)N[C@@H](CCNC(=O)OCc1ccccc1Cl)C(=O)N[C@H](C(=O)N[C@@H](C)C(=O)N[C@H]1CCNC(=O)[C@H]([C@@H](C)OCc2ccccc2)NC(=O)[C@H](CCNC(=O)OCc2ccccc2Cl)NC(=O)[C@H](CCNC(=O)OCc2ccccc2Cl)NC(=O)[C@H](CC(C)C)NC(=O)[C@@H](Cc2ccccc2)NC(=O)[C@H](CCNC(=O)OCc2ccccc2Cl)NC1=O)[C@@H](C)OCc1ccccc1. The molecule has 140 heavy (non-hydrogen) atoms. The first-order valence-corrected chi connectivity index (χ1v) is 48.0. The maximum absolute atomic E-state index is 15.7. The van der Waals surface area contributed by atoms with Crippen LogP contribution in [0.3, 0.4) is 0 Å². The van der Waals surface area contributed by atoms with Gasteiger partial charge in [-0.15, -0.1) is 0 Å². The van der Waals surface area contributed by atoms with Crippen molar-refractivity contribution in [2.45, 2.75) is 237 Å². The second-order valence-electron chi connectivity index (χ2n) is 33.8. The Kier molecular flexibility index (Phi) is 48.6. The van der Waals surface area contributed by atoms with Gasteiger partial charge in [0.1, 0.15) is 86.8 Å². The van der Waals surface area contributed by atoms with E-state index in [2.05, 4.69) is 79.8 Å². The summed E-state index contributed by atoms with van der Waals surface area (Å²) in [5, 5.41) is 41.1. The van der Waals surface area contributed by atoms with Gasteiger partial charge in [0, 0.05) is 87.9 Å². The normalized spacial score (nSPS) is 17.9. The molecule has 1 aliphatic rings. The molecule has 0 bridgehead atoms. The minimum atomic E-state index is -1.86. The third kappa shape index (κ3) is 40.4. The first-order valence-electron chi connectivity index (χ1n) is 46.5. The average Bonchev–Trinajstić information content (AvgIpc) is 1.26. The summed E-state index contributed by atoms with van der Waals surface area (Å²) in [6.07, 6.45) is -5.04. The summed E-state index contributed by atoms with van der Waals surface area (Å²) >= 11 is 25.5. The number of halogens is 4. The van der Waals surface area contributed by atoms with Crippen LogP contribution in [-0.2, 0) is 127 Å². The van der Waals surface area contributed by atoms with Crippen molar-refractivity contribution in [1.82, 2.24) is 79.8 Å². The lowest BCUT2D eigenvalue weighted by Crippen LogP contribution is -2.61. The van der Waals surface area contributed by atoms with Gasteiger partial charge in [0.15, 0.2) is 0 Å². The van der Waals surface area contributed by atoms with E-state index < -0.39 is 220 Å². The Morgan fingerprint density at radius 2 is 0.771 bits per heavy atom. The monoisotopic (exact) mass is 2010 g/mol. The summed E-state index contributed by atoms with van der Waals surface area (Å²) in [5.41, 5.74) is 3.62. The molecule has 15 amide bonds. The van der Waals surface area contributed by atoms with E-state index in [1.54, 1.807) is 202 Å². The van der Waals surface area contributed by atoms with Crippen LogP contribution in [0.1, 0.15) is 158 Å². The van der Waals surface area contributed by atoms with Gasteiger partial charge < -0.3 is 108 Å². The molecular formula is C100H125Cl4N15O21. The molecule has 7 aromatic carbocycles. The number of unbranched alkanes of at least 4 members (excludes halogenated alkanes) is 4. The molecule has 15 N–H and O–H groups in total. The van der Waals surface area contributed by atoms with Crippen LogP contribution < -0.4 is 79.8 Å². The highest BCUT2D eigenvalue weighted by atomic mass is 35.5. The maximum Gasteiger partial charge on any atom is 0.407 e. The van der Waals surface area contributed by atoms with E-state index in [9.17, 15) is 28.8 Å². The van der Waals surface area contributed by atoms with Crippen LogP contribution >= 0.6 is 46.4 Å². The Bertz CT molecular complexity index is 5230. The molecule has 1 heterocycles. The van der Waals surface area contributed by atoms with Crippen LogP contribution in [0.5, 0.6) is 0 Å². The van der Waals surface area contributed by atoms with Crippen LogP contribution in [0, 0.1) is 5.92 Å². The molecule has 0 aromatic heterocycles. The van der Waals surface area contributed by atoms with Crippen molar-refractivity contribution in [1.29, 1.82) is 0 Å². The fourth-order valence-corrected chi connectivity index (χ4v) is 15.1. The molecule has 0 spiro atoms. The number of alkyl carbamates (subject to hydrolysis) is 4. The predicted octanol–water partition coefficient (Wildman–Crippen LogP) is 10.1. The van der Waals surface area contributed by atoms with Crippen LogP contribution in [0.15, 0.2) is 188 Å². The number of nitrogens with one attached hydrogen (secondary N) is 15. The number of ether oxygens (including phenoxy) is 6. The maximum atomic E-state index is 15.7. The molecule has 0 saturated carbocycles. The van der Waals surface area contributed by atoms with Gasteiger partial charge in [-0.1, -0.05) is 257 Å². The summed E-state index contributed by atoms with van der Waals surface area (Å²) in [4.78, 5) is 221. The molecule has 0 aliphatic carbocycles. The van der Waals surface area contributed by atoms with Crippen molar-refractivity contribution in [2.24, 2.45) is 5.92 Å². The highest BCUT2D eigenvalue weighted by molar-refractivity contribution is 6.32. The van der Waals surface area contributed by atoms with Gasteiger partial charge in [0.05, 0.1) is 25.4 Å². The summed E-state index contributed by atoms with van der Waals surface area (Å²) < 4.78 is 34.4. The number of hydrogen-bond acceptors (Lipinski definition) is 21. The predicted molar refractivity (Wildman–Crippen MR) is 524 cm³/mol. The van der Waals surface area contributed by atoms with Gasteiger partial charge in [-0.05, 0) is 113 Å². The molecule has 7 aromatic rings. The third-order valence-electron chi connectivity index (χ3n) is 22.3. The first-order chi connectivity index (χ1) is 67.3. The molecule has 12 atom stereocenters. The lowest BCUT2D eigenvalue weighted by molar-refractivity contribution is -0.137. The van der Waals surface area contributed by atoms with E-state index in [0.717, 1.165) is 25.7 Å². The summed E-state index contributed by atoms with van der Waals surface area (Å²) in [7, 11) is 0. The van der Waals surface area contributed by atoms with E-state index in [1.165, 1.54) is 20.8 Å². The number of carbonyl (C=O) groups is 15. The fourth-order valence-electron chi connectivity index (χ4n) is 14.3. The second kappa shape index (κ2) is 60.7. The lowest BCUT2D eigenvalue weighted by Gasteiger charge is -2.29. The third-order valence-corrected chi connectivity index (χ3v) is 23.8. The molecule has 0 unspecified atom stereocenters. The molecule has 0 radical (unpaired) electrons. The Balaban J connectivity index is 1.18. The smallest absolute Gasteiger partial charge is 0.407 e. The van der Waals surface area contributed by atoms with E-state index >= 15 is 43.2 Å². The van der Waals surface area contributed by atoms with Crippen molar-refractivity contribution in [3.63, 3.8) is 0 Å². The van der Waals surface area contributed by atoms with Crippen molar-refractivity contribution < 1.29 is 100 Å². The summed E-state index contributed by atoms with van der Waals surface area (Å²) in [6.45, 7) is 6.28. The van der Waals surface area contributed by atoms with E-state index in [-0.39, 0.29) is 76.9 Å². The molecular weight excluding hydrogens is 1890 g/mol. The van der Waals surface area contributed by atoms with Gasteiger partial charge in [-0.2, -0.15) is 0 Å². The standard InChI is InChI=1S/C100H125Cl4N15O21/c1-7-8-9-10-20-43-84(120)111-77(45-50-106-97(131)137-58-69-35-21-25-39-73(69)101)91(125)119-86(65(6)136-57-68-33-18-13-19-34-68)96(130)110-63(4)87(121)112-78-44-49-105-95(129)85(64(5)135-56-67-31-16-12-17-32-67)118-92(126)81(48-53-109-100(134)140-61-72-38-24-28-42-76(72)104)114-89(123)79(46-51-107-98(132)138-59-70-36-22-26-40-74(70)102)115-93(127)82(54-62(2)3)116-94(128)83(55-66-29-14-11-15-30-66)117-90(124)80(113-88(78)122)47-52-108-99(133)139-60-71-37-23-27-41-75(71)103/h11-19,21-42,62-65,77-83,85-86H,7-10,20,43-61H2,1-6H3,(H,105,129)(H,106,131)(H,107,132)(H,108,133)(H,109,134)(H,110,130)(H,111,120)(H,112,121)(H,113,122)(H,114,123)(H,115,127)(H,116,128)(H,117,124)(H,118,126)(H,119,125)/t63-,64+,65+,77-,78-,79-,80-,81-,82-,83+,85-,86-/m0/s1. The number of hydrogen-bond donors (Lipinski definition) is 15. The van der Waals surface area contributed by atoms with Gasteiger partial charge in [-0.25, -0.2) is 19.2 Å². The largest absolute Gasteiger partial charge is 0.445 e. The van der Waals surface area contributed by atoms with Gasteiger partial charge >= 0.3 is 24.4 Å². The Morgan fingerprint density at radius 3 is 1.22 bits per heavy atom. The average molecular weight is 2010 g/mol. The topological polar surface area (TPSA) is 492 Å². The van der Waals surface area contributed by atoms with E-state index in [0.29, 0.717) is 60.4 Å². The number of benzene rings is 7. The van der Waals surface area contributed by atoms with Crippen molar-refractivity contribution >= 4 is 136 Å². The Hall–Kier alpha value is -13.1. The van der Waals surface area contributed by atoms with Gasteiger partial charge in [0.25, 0.3) is 0 Å². The highest BCUT2D eigenvalue weighted by Crippen LogP contribution is 2.22. The molecule has 40 heteroatoms. The Morgan fingerprint density at radius 1 is 0.386 bits per heavy atom. The molecule has 1 fully saturated rings. The molecule has 1 saturated heterocycles. The zero-order valence-electron chi connectivity index (χ0n) is 79.0. The fraction of sp³-hybridized carbons (Fsp3) is 0.430. The molecule has 36 nitrogen and oxygen atoms in total. The van der Waals surface area contributed by atoms with E-state index in [4.69, 9.17) is 74.8 Å². The van der Waals surface area contributed by atoms with Gasteiger partial charge in [0.2, 0.25) is 65.0 Å². The van der Waals surface area contributed by atoms with Crippen molar-refractivity contribution in [2.75, 3.05) is 32.7 Å². The van der Waals surface area contributed by atoms with Crippen LogP contribution in [0.4, 0.5) is 19.2 Å². The summed E-state index contributed by atoms with van der Waals surface area (Å²) in [5.74, 6) is -11.3. The highest BCUT2D eigenvalue weighted by Gasteiger charge is 2.39. The quantitative estimate of drug-likeness (QED) is 0.0125. The first kappa shape index (κ1) is 112. The van der Waals surface area contributed by atoms with Crippen LogP contribution in [0.25, 0.3) is 0 Å². The van der Waals surface area contributed by atoms with Crippen molar-refractivity contribution in [3.05, 3.63) is 247 Å². The Labute approximate surface area is 833 Å². The minimum absolute atomic E-state index is 0.0286. The second-order valence-corrected chi connectivity index (χ2v) is 35.4. The van der Waals surface area contributed by atoms with E-state index in [1.807, 2.05) is 6.92 Å². The minimum Gasteiger partial charge on any atom is -0.445 e. The molecule has 754 valence electrons. The molecule has 8 rings (SSSR count). The van der Waals surface area contributed by atoms with Crippen molar-refractivity contribution in [3.8, 4) is 0 Å². The van der Waals surface area contributed by atoms with Crippen LogP contribution in [0.2, 0.25) is 20.1 Å². The number of carbonyl (C=O) groups excluding carboxylic acids is 15. The summed E-state index contributed by atoms with van der Waals surface area (Å²) in [6, 6.07) is 35.5. The van der Waals surface area contributed by atoms with Gasteiger partial charge in [-0.3, -0.25) is 52.7 Å². The molecule has 1 aliphatic heterocycles. The number of rotatable bonds is 45. The lowest BCUT2D eigenvalue weighted by atomic mass is 10.00. The number of amides is 15. The zero-order valence-corrected chi connectivity index (χ0v) is 82.0. The van der Waals surface area contributed by atoms with Crippen LogP contribution in [-0.4, -0.2) is 195 Å².